The van der Waals surface area contributed by atoms with Gasteiger partial charge in [-0.15, -0.1) is 0 Å². The molecule has 0 spiro atoms. The van der Waals surface area contributed by atoms with Gasteiger partial charge in [0, 0.05) is 0 Å². The third-order valence-corrected chi connectivity index (χ3v) is 0. The molecule has 3 nitrogen and oxygen atoms in total. The molecule has 0 fully saturated rings. The SMILES string of the molecule is C[CH2][Ca+].C[CH2][Ca+].C[CH2][Ca+].[O-]P([O-])[O-]. The zero-order valence-corrected chi connectivity index (χ0v) is 16.4. The summed E-state index contributed by atoms with van der Waals surface area (Å²) in [6.45, 7) is 6.54. The summed E-state index contributed by atoms with van der Waals surface area (Å²) in [4.78, 5) is 25.4. The van der Waals surface area contributed by atoms with Crippen LogP contribution in [0.5, 0.6) is 0 Å². The van der Waals surface area contributed by atoms with Crippen LogP contribution in [0.15, 0.2) is 0 Å². The minimum atomic E-state index is -3.37. The Morgan fingerprint density at radius 3 is 0.769 bits per heavy atom. The van der Waals surface area contributed by atoms with E-state index in [2.05, 4.69) is 20.8 Å². The maximum absolute atomic E-state index is 8.48. The van der Waals surface area contributed by atoms with Crippen LogP contribution in [-0.4, -0.2) is 107 Å². The topological polar surface area (TPSA) is 69.2 Å². The molecule has 13 heavy (non-hydrogen) atoms. The molecule has 0 rings (SSSR count). The average molecular weight is 286 g/mol. The minimum Gasteiger partial charge on any atom is -0.854 e. The Kier molecular flexibility index (Phi) is 71.5. The van der Waals surface area contributed by atoms with Crippen molar-refractivity contribution in [3.8, 4) is 0 Å². The van der Waals surface area contributed by atoms with E-state index < -0.39 is 8.60 Å². The molecular formula is C6H15Ca3O3P. The van der Waals surface area contributed by atoms with Crippen molar-refractivity contribution < 1.29 is 14.7 Å². The Morgan fingerprint density at radius 2 is 0.769 bits per heavy atom. The van der Waals surface area contributed by atoms with E-state index >= 15 is 0 Å². The van der Waals surface area contributed by atoms with E-state index in [0.29, 0.717) is 0 Å². The molecule has 0 N–H and O–H groups in total. The van der Waals surface area contributed by atoms with Crippen molar-refractivity contribution in [3.05, 3.63) is 0 Å². The van der Waals surface area contributed by atoms with Gasteiger partial charge < -0.3 is 23.3 Å². The largest absolute Gasteiger partial charge is 0.854 e. The third-order valence-electron chi connectivity index (χ3n) is 0. The summed E-state index contributed by atoms with van der Waals surface area (Å²) in [6.07, 6.45) is 0. The van der Waals surface area contributed by atoms with Gasteiger partial charge in [0.2, 0.25) is 0 Å². The van der Waals surface area contributed by atoms with E-state index in [1.165, 1.54) is 115 Å². The third kappa shape index (κ3) is 191. The zero-order chi connectivity index (χ0) is 11.7. The Balaban J connectivity index is -0.0000000420. The standard InChI is InChI=1S/3C2H5.3Ca.O3P/c3*1-2;;;;1-4(2)3/h3*1H2,2H3;;;;/q;;;3*+1;-3. The molecule has 0 aliphatic rings. The minimum absolute atomic E-state index is 1.38. The van der Waals surface area contributed by atoms with E-state index in [9.17, 15) is 0 Å². The second kappa shape index (κ2) is 36.0. The Hall–Kier alpha value is 4.09. The maximum atomic E-state index is 8.48. The summed E-state index contributed by atoms with van der Waals surface area (Å²) in [5.41, 5.74) is 0. The van der Waals surface area contributed by atoms with Gasteiger partial charge in [-0.1, -0.05) is 0 Å². The van der Waals surface area contributed by atoms with Crippen molar-refractivity contribution >= 4 is 116 Å². The summed E-state index contributed by atoms with van der Waals surface area (Å²) >= 11 is 4.33. The van der Waals surface area contributed by atoms with Crippen LogP contribution in [0.4, 0.5) is 0 Å². The molecule has 0 radical (unpaired) electrons. The normalized spacial score (nSPS) is 7.15. The van der Waals surface area contributed by atoms with Gasteiger partial charge in [0.15, 0.2) is 0 Å². The van der Waals surface area contributed by atoms with Crippen LogP contribution in [0.2, 0.25) is 7.55 Å². The predicted molar refractivity (Wildman–Crippen MR) is 55.6 cm³/mol. The number of rotatable bonds is 0. The molecule has 7 heteroatoms. The van der Waals surface area contributed by atoms with Gasteiger partial charge in [0.25, 0.3) is 0 Å². The van der Waals surface area contributed by atoms with Gasteiger partial charge >= 0.3 is 136 Å². The van der Waals surface area contributed by atoms with Crippen molar-refractivity contribution in [3.63, 3.8) is 0 Å². The van der Waals surface area contributed by atoms with Gasteiger partial charge in [0.1, 0.15) is 0 Å². The summed E-state index contributed by atoms with van der Waals surface area (Å²) in [7, 11) is -3.37. The molecular weight excluding hydrogens is 271 g/mol. The number of hydrogen-bond acceptors (Lipinski definition) is 3. The first-order valence-corrected chi connectivity index (χ1v) is 9.95. The summed E-state index contributed by atoms with van der Waals surface area (Å²) in [5, 5.41) is 0. The van der Waals surface area contributed by atoms with Crippen LogP contribution in [0.25, 0.3) is 0 Å². The van der Waals surface area contributed by atoms with Crippen molar-refractivity contribution in [2.45, 2.75) is 28.3 Å². The average Bonchev–Trinajstić information content (AvgIpc) is 1.88. The van der Waals surface area contributed by atoms with Crippen molar-refractivity contribution in [2.24, 2.45) is 0 Å². The molecule has 0 aromatic rings. The molecule has 0 atom stereocenters. The van der Waals surface area contributed by atoms with Crippen LogP contribution in [-0.2, 0) is 0 Å². The molecule has 0 bridgehead atoms. The number of hydrogen-bond donors (Lipinski definition) is 0. The van der Waals surface area contributed by atoms with E-state index in [1.807, 2.05) is 0 Å². The van der Waals surface area contributed by atoms with Crippen LogP contribution in [0.1, 0.15) is 20.8 Å². The van der Waals surface area contributed by atoms with Crippen LogP contribution < -0.4 is 14.7 Å². The fourth-order valence-corrected chi connectivity index (χ4v) is 0. The molecule has 0 unspecified atom stereocenters. The second-order valence-corrected chi connectivity index (χ2v) is 6.86. The predicted octanol–water partition coefficient (Wildman–Crippen LogP) is -0.926. The maximum Gasteiger partial charge on any atom is -0.438 e. The molecule has 68 valence electrons. The molecule has 0 saturated carbocycles. The quantitative estimate of drug-likeness (QED) is 0.427. The molecule has 0 amide bonds. The van der Waals surface area contributed by atoms with E-state index in [0.717, 1.165) is 0 Å². The van der Waals surface area contributed by atoms with E-state index in [1.54, 1.807) is 0 Å². The van der Waals surface area contributed by atoms with Gasteiger partial charge in [-0.3, -0.25) is 0 Å². The Labute approximate surface area is 155 Å². The monoisotopic (exact) mass is 286 g/mol. The summed E-state index contributed by atoms with van der Waals surface area (Å²) < 4.78 is 4.12. The first-order valence-electron chi connectivity index (χ1n) is 4.17. The zero-order valence-electron chi connectivity index (χ0n) is 8.91. The fraction of sp³-hybridized carbons (Fsp3) is 1.00. The van der Waals surface area contributed by atoms with Crippen molar-refractivity contribution in [2.75, 3.05) is 0 Å². The first-order chi connectivity index (χ1) is 5.97. The first kappa shape index (κ1) is 25.8. The fourth-order valence-electron chi connectivity index (χ4n) is 0. The molecule has 0 aliphatic heterocycles. The van der Waals surface area contributed by atoms with Crippen molar-refractivity contribution in [1.29, 1.82) is 0 Å². The Morgan fingerprint density at radius 1 is 0.769 bits per heavy atom. The molecule has 0 aromatic carbocycles. The molecule has 0 saturated heterocycles. The molecule has 0 heterocycles. The molecule has 0 aromatic heterocycles. The molecule has 0 aliphatic carbocycles. The summed E-state index contributed by atoms with van der Waals surface area (Å²) in [5.74, 6) is 0. The van der Waals surface area contributed by atoms with Gasteiger partial charge in [0.05, 0.1) is 0 Å². The van der Waals surface area contributed by atoms with Crippen LogP contribution in [0, 0.1) is 0 Å². The second-order valence-electron chi connectivity index (χ2n) is 1.72. The summed E-state index contributed by atoms with van der Waals surface area (Å²) in [6, 6.07) is 0. The Bertz CT molecular complexity index is 44.6. The van der Waals surface area contributed by atoms with Crippen LogP contribution in [0.3, 0.4) is 0 Å². The van der Waals surface area contributed by atoms with Gasteiger partial charge in [-0.25, -0.2) is 0 Å². The smallest absolute Gasteiger partial charge is 0.438 e. The van der Waals surface area contributed by atoms with Gasteiger partial charge in [-0.2, -0.15) is 0 Å². The van der Waals surface area contributed by atoms with E-state index in [-0.39, 0.29) is 0 Å². The van der Waals surface area contributed by atoms with Crippen molar-refractivity contribution in [1.82, 2.24) is 0 Å². The van der Waals surface area contributed by atoms with E-state index in [4.69, 9.17) is 14.7 Å². The van der Waals surface area contributed by atoms with Crippen LogP contribution >= 0.6 is 8.60 Å². The van der Waals surface area contributed by atoms with Gasteiger partial charge in [-0.05, 0) is 0 Å².